The zero-order chi connectivity index (χ0) is 18.1. The maximum Gasteiger partial charge on any atom is 0.275 e. The summed E-state index contributed by atoms with van der Waals surface area (Å²) in [4.78, 5) is 21.4. The zero-order valence-corrected chi connectivity index (χ0v) is 14.7. The van der Waals surface area contributed by atoms with Gasteiger partial charge in [0.25, 0.3) is 5.91 Å². The number of hydrogen-bond acceptors (Lipinski definition) is 4. The lowest BCUT2D eigenvalue weighted by Crippen LogP contribution is -2.14. The fourth-order valence-corrected chi connectivity index (χ4v) is 2.93. The van der Waals surface area contributed by atoms with E-state index in [4.69, 9.17) is 4.98 Å². The summed E-state index contributed by atoms with van der Waals surface area (Å²) >= 11 is 0. The van der Waals surface area contributed by atoms with Gasteiger partial charge in [-0.05, 0) is 30.2 Å². The van der Waals surface area contributed by atoms with Gasteiger partial charge in [0.2, 0.25) is 0 Å². The molecule has 0 saturated heterocycles. The molecule has 0 unspecified atom stereocenters. The molecule has 6 nitrogen and oxygen atoms in total. The third-order valence-electron chi connectivity index (χ3n) is 4.09. The maximum absolute atomic E-state index is 12.5. The molecule has 0 radical (unpaired) electrons. The van der Waals surface area contributed by atoms with Gasteiger partial charge in [-0.2, -0.15) is 5.10 Å². The number of benzene rings is 1. The molecule has 0 spiro atoms. The number of nitrogens with one attached hydrogen (secondary N) is 1. The fraction of sp³-hybridized carbons (Fsp3) is 0.200. The number of aromatic nitrogens is 4. The highest BCUT2D eigenvalue weighted by molar-refractivity contribution is 6.07. The van der Waals surface area contributed by atoms with E-state index in [1.54, 1.807) is 24.4 Å². The van der Waals surface area contributed by atoms with Crippen LogP contribution >= 0.6 is 0 Å². The molecule has 130 valence electrons. The second-order valence-electron chi connectivity index (χ2n) is 6.65. The zero-order valence-electron chi connectivity index (χ0n) is 14.7. The van der Waals surface area contributed by atoms with Crippen LogP contribution < -0.4 is 5.32 Å². The molecule has 1 N–H and O–H groups in total. The number of carbonyl (C=O) groups excluding carboxylic acids is 1. The molecule has 0 aliphatic carbocycles. The first-order chi connectivity index (χ1) is 12.6. The van der Waals surface area contributed by atoms with Crippen molar-refractivity contribution in [1.29, 1.82) is 0 Å². The van der Waals surface area contributed by atoms with E-state index in [1.165, 1.54) is 0 Å². The van der Waals surface area contributed by atoms with E-state index < -0.39 is 0 Å². The van der Waals surface area contributed by atoms with E-state index >= 15 is 0 Å². The monoisotopic (exact) mass is 345 g/mol. The van der Waals surface area contributed by atoms with Gasteiger partial charge < -0.3 is 5.32 Å². The molecule has 3 aromatic heterocycles. The van der Waals surface area contributed by atoms with Crippen LogP contribution in [0.1, 0.15) is 24.3 Å². The molecule has 0 aliphatic rings. The molecule has 4 aromatic rings. The first-order valence-corrected chi connectivity index (χ1v) is 8.60. The Morgan fingerprint density at radius 2 is 1.96 bits per heavy atom. The van der Waals surface area contributed by atoms with E-state index in [1.807, 2.05) is 35.0 Å². The van der Waals surface area contributed by atoms with Crippen LogP contribution in [0.5, 0.6) is 0 Å². The Balaban J connectivity index is 1.82. The van der Waals surface area contributed by atoms with E-state index in [2.05, 4.69) is 29.2 Å². The van der Waals surface area contributed by atoms with Crippen molar-refractivity contribution < 1.29 is 4.79 Å². The number of nitrogens with zero attached hydrogens (tertiary/aromatic N) is 4. The van der Waals surface area contributed by atoms with Crippen molar-refractivity contribution in [3.63, 3.8) is 0 Å². The Bertz CT molecular complexity index is 1090. The van der Waals surface area contributed by atoms with Crippen LogP contribution in [0.4, 0.5) is 5.82 Å². The van der Waals surface area contributed by atoms with Gasteiger partial charge in [-0.15, -0.1) is 0 Å². The Kier molecular flexibility index (Phi) is 4.08. The summed E-state index contributed by atoms with van der Waals surface area (Å²) in [6.07, 6.45) is 1.60. The van der Waals surface area contributed by atoms with Gasteiger partial charge in [0.15, 0.2) is 11.5 Å². The van der Waals surface area contributed by atoms with Gasteiger partial charge in [-0.3, -0.25) is 9.78 Å². The second-order valence-corrected chi connectivity index (χ2v) is 6.65. The molecule has 1 amide bonds. The number of hydrogen-bond donors (Lipinski definition) is 1. The number of para-hydroxylation sites is 1. The van der Waals surface area contributed by atoms with Crippen molar-refractivity contribution in [2.24, 2.45) is 5.92 Å². The number of carbonyl (C=O) groups is 1. The molecule has 26 heavy (non-hydrogen) atoms. The topological polar surface area (TPSA) is 72.7 Å². The Hall–Kier alpha value is -3.28. The Labute approximate surface area is 150 Å². The van der Waals surface area contributed by atoms with Crippen LogP contribution in [-0.2, 0) is 6.54 Å². The quantitative estimate of drug-likeness (QED) is 0.609. The van der Waals surface area contributed by atoms with Crippen molar-refractivity contribution in [3.05, 3.63) is 60.4 Å². The predicted octanol–water partition coefficient (Wildman–Crippen LogP) is 3.89. The van der Waals surface area contributed by atoms with Gasteiger partial charge in [0.1, 0.15) is 5.69 Å². The third-order valence-corrected chi connectivity index (χ3v) is 4.09. The minimum Gasteiger partial charge on any atom is -0.303 e. The summed E-state index contributed by atoms with van der Waals surface area (Å²) in [5.74, 6) is 0.634. The highest BCUT2D eigenvalue weighted by Crippen LogP contribution is 2.26. The maximum atomic E-state index is 12.5. The van der Waals surface area contributed by atoms with Crippen molar-refractivity contribution >= 4 is 33.7 Å². The first kappa shape index (κ1) is 16.2. The van der Waals surface area contributed by atoms with Crippen LogP contribution in [0.15, 0.2) is 54.7 Å². The van der Waals surface area contributed by atoms with E-state index in [9.17, 15) is 4.79 Å². The minimum absolute atomic E-state index is 0.283. The van der Waals surface area contributed by atoms with Crippen molar-refractivity contribution in [2.45, 2.75) is 20.4 Å². The lowest BCUT2D eigenvalue weighted by Gasteiger charge is -2.05. The molecule has 0 fully saturated rings. The van der Waals surface area contributed by atoms with Gasteiger partial charge >= 0.3 is 0 Å². The fourth-order valence-electron chi connectivity index (χ4n) is 2.93. The minimum atomic E-state index is -0.283. The van der Waals surface area contributed by atoms with Crippen LogP contribution in [0.2, 0.25) is 0 Å². The normalized spacial score (nSPS) is 11.3. The Morgan fingerprint density at radius 3 is 2.73 bits per heavy atom. The van der Waals surface area contributed by atoms with Crippen LogP contribution in [0.3, 0.4) is 0 Å². The van der Waals surface area contributed by atoms with Crippen LogP contribution in [0, 0.1) is 5.92 Å². The van der Waals surface area contributed by atoms with Crippen LogP contribution in [0.25, 0.3) is 21.9 Å². The molecule has 0 saturated carbocycles. The number of anilines is 1. The smallest absolute Gasteiger partial charge is 0.275 e. The molecule has 0 atom stereocenters. The van der Waals surface area contributed by atoms with Crippen LogP contribution in [-0.4, -0.2) is 25.7 Å². The second kappa shape index (κ2) is 6.55. The highest BCUT2D eigenvalue weighted by atomic mass is 16.2. The van der Waals surface area contributed by atoms with Gasteiger partial charge in [-0.25, -0.2) is 9.67 Å². The largest absolute Gasteiger partial charge is 0.303 e. The lowest BCUT2D eigenvalue weighted by atomic mass is 10.2. The molecule has 0 aliphatic heterocycles. The molecular formula is C20H19N5O. The molecule has 0 bridgehead atoms. The van der Waals surface area contributed by atoms with E-state index in [-0.39, 0.29) is 5.91 Å². The summed E-state index contributed by atoms with van der Waals surface area (Å²) in [5, 5.41) is 9.34. The van der Waals surface area contributed by atoms with E-state index in [0.29, 0.717) is 17.4 Å². The molecular weight excluding hydrogens is 326 g/mol. The summed E-state index contributed by atoms with van der Waals surface area (Å²) < 4.78 is 1.86. The number of amides is 1. The van der Waals surface area contributed by atoms with E-state index in [0.717, 1.165) is 28.5 Å². The van der Waals surface area contributed by atoms with Crippen molar-refractivity contribution in [1.82, 2.24) is 19.7 Å². The van der Waals surface area contributed by atoms with Gasteiger partial charge in [-0.1, -0.05) is 38.1 Å². The Morgan fingerprint density at radius 1 is 1.15 bits per heavy atom. The lowest BCUT2D eigenvalue weighted by molar-refractivity contribution is 0.102. The molecule has 3 heterocycles. The highest BCUT2D eigenvalue weighted by Gasteiger charge is 2.17. The van der Waals surface area contributed by atoms with Crippen molar-refractivity contribution in [2.75, 3.05) is 5.32 Å². The SMILES string of the molecule is CC(C)Cn1nc(NC(=O)c2ccccn2)c2cc3ccccc3nc21. The average Bonchev–Trinajstić information content (AvgIpc) is 2.96. The predicted molar refractivity (Wildman–Crippen MR) is 102 cm³/mol. The average molecular weight is 345 g/mol. The van der Waals surface area contributed by atoms with Crippen molar-refractivity contribution in [3.8, 4) is 0 Å². The first-order valence-electron chi connectivity index (χ1n) is 8.60. The summed E-state index contributed by atoms with van der Waals surface area (Å²) in [6, 6.07) is 15.2. The van der Waals surface area contributed by atoms with Gasteiger partial charge in [0, 0.05) is 18.1 Å². The summed E-state index contributed by atoms with van der Waals surface area (Å²) in [7, 11) is 0. The van der Waals surface area contributed by atoms with Gasteiger partial charge in [0.05, 0.1) is 10.9 Å². The molecule has 6 heteroatoms. The molecule has 4 rings (SSSR count). The number of rotatable bonds is 4. The summed E-state index contributed by atoms with van der Waals surface area (Å²) in [6.45, 7) is 4.97. The number of fused-ring (bicyclic) bond motifs is 2. The molecule has 1 aromatic carbocycles. The summed E-state index contributed by atoms with van der Waals surface area (Å²) in [5.41, 5.74) is 2.04. The number of pyridine rings is 2. The third kappa shape index (κ3) is 3.01. The standard InChI is InChI=1S/C20H19N5O/c1-13(2)12-25-19-15(11-14-7-3-4-8-16(14)22-19)18(24-25)23-20(26)17-9-5-6-10-21-17/h3-11,13H,12H2,1-2H3,(H,23,24,26).